The maximum atomic E-state index is 12.8. The number of aromatic nitrogens is 1. The van der Waals surface area contributed by atoms with Crippen LogP contribution in [0.15, 0.2) is 81.6 Å². The summed E-state index contributed by atoms with van der Waals surface area (Å²) < 4.78 is 11.6. The van der Waals surface area contributed by atoms with Gasteiger partial charge < -0.3 is 14.2 Å². The molecule has 0 atom stereocenters. The Kier molecular flexibility index (Phi) is 5.18. The summed E-state index contributed by atoms with van der Waals surface area (Å²) in [7, 11) is 0. The Hall–Kier alpha value is -4.72. The summed E-state index contributed by atoms with van der Waals surface area (Å²) in [5.74, 6) is 0.616. The van der Waals surface area contributed by atoms with Crippen molar-refractivity contribution in [3.8, 4) is 22.8 Å². The van der Waals surface area contributed by atoms with Gasteiger partial charge in [-0.05, 0) is 73.5 Å². The van der Waals surface area contributed by atoms with Crippen molar-refractivity contribution in [2.75, 3.05) is 5.32 Å². The maximum Gasteiger partial charge on any atom is 0.291 e. The number of non-ortho nitro benzene ring substituents is 1. The lowest BCUT2D eigenvalue weighted by atomic mass is 10.1. The van der Waals surface area contributed by atoms with Gasteiger partial charge in [0.1, 0.15) is 11.3 Å². The van der Waals surface area contributed by atoms with E-state index < -0.39 is 10.8 Å². The summed E-state index contributed by atoms with van der Waals surface area (Å²) >= 11 is 0. The zero-order chi connectivity index (χ0) is 23.8. The van der Waals surface area contributed by atoms with Gasteiger partial charge in [0.25, 0.3) is 11.6 Å². The molecule has 5 aromatic rings. The molecule has 2 heterocycles. The fraction of sp³-hybridized carbons (Fsp3) is 0.0769. The van der Waals surface area contributed by atoms with Gasteiger partial charge >= 0.3 is 0 Å². The Labute approximate surface area is 194 Å². The van der Waals surface area contributed by atoms with E-state index in [1.165, 1.54) is 12.1 Å². The summed E-state index contributed by atoms with van der Waals surface area (Å²) in [4.78, 5) is 27.8. The number of furan rings is 1. The van der Waals surface area contributed by atoms with Crippen LogP contribution in [0.4, 0.5) is 11.4 Å². The van der Waals surface area contributed by atoms with Crippen LogP contribution in [-0.2, 0) is 0 Å². The molecule has 0 unspecified atom stereocenters. The average molecular weight is 453 g/mol. The molecule has 0 bridgehead atoms. The van der Waals surface area contributed by atoms with Crippen molar-refractivity contribution in [1.29, 1.82) is 0 Å². The molecule has 8 nitrogen and oxygen atoms in total. The zero-order valence-electron chi connectivity index (χ0n) is 18.4. The topological polar surface area (TPSA) is 111 Å². The number of benzene rings is 3. The molecule has 0 fully saturated rings. The Morgan fingerprint density at radius 2 is 1.82 bits per heavy atom. The summed E-state index contributed by atoms with van der Waals surface area (Å²) in [5, 5.41) is 13.8. The number of hydrogen-bond acceptors (Lipinski definition) is 6. The number of oxazole rings is 1. The van der Waals surface area contributed by atoms with E-state index in [1.807, 2.05) is 31.2 Å². The summed E-state index contributed by atoms with van der Waals surface area (Å²) in [5.41, 5.74) is 5.21. The molecule has 1 N–H and O–H groups in total. The van der Waals surface area contributed by atoms with Crippen LogP contribution in [0, 0.1) is 24.0 Å². The highest BCUT2D eigenvalue weighted by molar-refractivity contribution is 6.02. The molecule has 8 heteroatoms. The molecule has 0 radical (unpaired) electrons. The lowest BCUT2D eigenvalue weighted by Crippen LogP contribution is -2.10. The Bertz CT molecular complexity index is 1560. The molecule has 0 saturated heterocycles. The number of nitro groups is 1. The van der Waals surface area contributed by atoms with Crippen molar-refractivity contribution in [2.24, 2.45) is 0 Å². The van der Waals surface area contributed by atoms with Crippen LogP contribution in [0.3, 0.4) is 0 Å². The normalized spacial score (nSPS) is 11.0. The molecule has 34 heavy (non-hydrogen) atoms. The largest absolute Gasteiger partial charge is 0.451 e. The van der Waals surface area contributed by atoms with Crippen LogP contribution >= 0.6 is 0 Å². The lowest BCUT2D eigenvalue weighted by Gasteiger charge is -2.05. The van der Waals surface area contributed by atoms with Crippen molar-refractivity contribution in [3.63, 3.8) is 0 Å². The standard InChI is InChI=1S/C26H19N3O5/c1-15-6-9-23-21(12-15)28-26(34-23)17-4-3-5-18(14-17)27-25(30)24-11-10-22(33-24)20-8-7-19(29(31)32)13-16(20)2/h3-14H,1-2H3,(H,27,30). The second-order valence-electron chi connectivity index (χ2n) is 7.95. The number of nitrogens with one attached hydrogen (secondary N) is 1. The number of nitrogens with zero attached hydrogens (tertiary/aromatic N) is 2. The number of hydrogen-bond donors (Lipinski definition) is 1. The van der Waals surface area contributed by atoms with Crippen molar-refractivity contribution in [1.82, 2.24) is 4.98 Å². The van der Waals surface area contributed by atoms with Gasteiger partial charge in [0, 0.05) is 28.9 Å². The van der Waals surface area contributed by atoms with E-state index in [0.717, 1.165) is 16.6 Å². The number of nitro benzene ring substituents is 1. The third-order valence-electron chi connectivity index (χ3n) is 5.43. The van der Waals surface area contributed by atoms with Crippen LogP contribution in [-0.4, -0.2) is 15.8 Å². The molecule has 0 aliphatic rings. The monoisotopic (exact) mass is 453 g/mol. The number of rotatable bonds is 5. The van der Waals surface area contributed by atoms with Crippen molar-refractivity contribution < 1.29 is 18.6 Å². The smallest absolute Gasteiger partial charge is 0.291 e. The molecule has 3 aromatic carbocycles. The fourth-order valence-electron chi connectivity index (χ4n) is 3.73. The van der Waals surface area contributed by atoms with E-state index in [2.05, 4.69) is 10.3 Å². The van der Waals surface area contributed by atoms with Crippen molar-refractivity contribution in [2.45, 2.75) is 13.8 Å². The number of carbonyl (C=O) groups is 1. The highest BCUT2D eigenvalue weighted by Gasteiger charge is 2.16. The molecule has 0 spiro atoms. The number of fused-ring (bicyclic) bond motifs is 1. The van der Waals surface area contributed by atoms with Crippen LogP contribution in [0.1, 0.15) is 21.7 Å². The predicted octanol–water partition coefficient (Wildman–Crippen LogP) is 6.53. The SMILES string of the molecule is Cc1ccc2oc(-c3cccc(NC(=O)c4ccc(-c5ccc([N+](=O)[O-])cc5C)o4)c3)nc2c1. The van der Waals surface area contributed by atoms with Gasteiger partial charge in [0.05, 0.1) is 4.92 Å². The third kappa shape index (κ3) is 4.04. The van der Waals surface area contributed by atoms with Gasteiger partial charge in [-0.2, -0.15) is 0 Å². The summed E-state index contributed by atoms with van der Waals surface area (Å²) in [6.07, 6.45) is 0. The quantitative estimate of drug-likeness (QED) is 0.239. The number of amides is 1. The van der Waals surface area contributed by atoms with Gasteiger partial charge in [-0.3, -0.25) is 14.9 Å². The van der Waals surface area contributed by atoms with E-state index in [1.54, 1.807) is 43.3 Å². The Morgan fingerprint density at radius 1 is 0.971 bits per heavy atom. The molecule has 5 rings (SSSR count). The number of anilines is 1. The minimum atomic E-state index is -0.451. The highest BCUT2D eigenvalue weighted by atomic mass is 16.6. The molecular weight excluding hydrogens is 434 g/mol. The van der Waals surface area contributed by atoms with Gasteiger partial charge in [0.15, 0.2) is 11.3 Å². The second-order valence-corrected chi connectivity index (χ2v) is 7.95. The first-order valence-corrected chi connectivity index (χ1v) is 10.5. The predicted molar refractivity (Wildman–Crippen MR) is 128 cm³/mol. The molecule has 0 saturated carbocycles. The van der Waals surface area contributed by atoms with E-state index in [-0.39, 0.29) is 11.4 Å². The fourth-order valence-corrected chi connectivity index (χ4v) is 3.73. The van der Waals surface area contributed by atoms with E-state index in [4.69, 9.17) is 8.83 Å². The van der Waals surface area contributed by atoms with Crippen LogP contribution < -0.4 is 5.32 Å². The summed E-state index contributed by atoms with van der Waals surface area (Å²) in [6.45, 7) is 3.75. The van der Waals surface area contributed by atoms with Gasteiger partial charge in [-0.25, -0.2) is 4.98 Å². The molecule has 0 aliphatic carbocycles. The molecule has 1 amide bonds. The molecule has 168 valence electrons. The van der Waals surface area contributed by atoms with E-state index >= 15 is 0 Å². The highest BCUT2D eigenvalue weighted by Crippen LogP contribution is 2.30. The van der Waals surface area contributed by atoms with E-state index in [0.29, 0.717) is 34.0 Å². The van der Waals surface area contributed by atoms with Gasteiger partial charge in [0.2, 0.25) is 5.89 Å². The van der Waals surface area contributed by atoms with E-state index in [9.17, 15) is 14.9 Å². The first-order valence-electron chi connectivity index (χ1n) is 10.5. The minimum Gasteiger partial charge on any atom is -0.451 e. The first kappa shape index (κ1) is 21.1. The zero-order valence-corrected chi connectivity index (χ0v) is 18.4. The molecular formula is C26H19N3O5. The number of carbonyl (C=O) groups excluding carboxylic acids is 1. The average Bonchev–Trinajstić information content (AvgIpc) is 3.46. The van der Waals surface area contributed by atoms with Crippen LogP contribution in [0.25, 0.3) is 33.9 Å². The molecule has 2 aromatic heterocycles. The lowest BCUT2D eigenvalue weighted by molar-refractivity contribution is -0.384. The summed E-state index contributed by atoms with van der Waals surface area (Å²) in [6, 6.07) is 20.7. The van der Waals surface area contributed by atoms with Gasteiger partial charge in [-0.1, -0.05) is 12.1 Å². The third-order valence-corrected chi connectivity index (χ3v) is 5.43. The Morgan fingerprint density at radius 3 is 2.62 bits per heavy atom. The maximum absolute atomic E-state index is 12.8. The second kappa shape index (κ2) is 8.32. The Balaban J connectivity index is 1.36. The van der Waals surface area contributed by atoms with Crippen LogP contribution in [0.2, 0.25) is 0 Å². The molecule has 0 aliphatic heterocycles. The number of aryl methyl sites for hydroxylation is 2. The van der Waals surface area contributed by atoms with Gasteiger partial charge in [-0.15, -0.1) is 0 Å². The first-order chi connectivity index (χ1) is 16.4. The van der Waals surface area contributed by atoms with Crippen molar-refractivity contribution in [3.05, 3.63) is 99.8 Å². The minimum absolute atomic E-state index is 0.000248. The van der Waals surface area contributed by atoms with Crippen molar-refractivity contribution >= 4 is 28.4 Å². The van der Waals surface area contributed by atoms with Crippen LogP contribution in [0.5, 0.6) is 0 Å².